The molecule has 0 spiro atoms. The van der Waals surface area contributed by atoms with Crippen molar-refractivity contribution in [3.8, 4) is 0 Å². The van der Waals surface area contributed by atoms with Crippen molar-refractivity contribution in [2.75, 3.05) is 23.9 Å². The van der Waals surface area contributed by atoms with Crippen LogP contribution in [-0.4, -0.2) is 31.4 Å². The van der Waals surface area contributed by atoms with Crippen LogP contribution in [0.3, 0.4) is 0 Å². The summed E-state index contributed by atoms with van der Waals surface area (Å²) in [6, 6.07) is 12.0. The van der Waals surface area contributed by atoms with Crippen LogP contribution in [0.2, 0.25) is 0 Å². The maximum absolute atomic E-state index is 12.5. The number of nitrogens with one attached hydrogen (secondary N) is 1. The number of amides is 2. The largest absolute Gasteiger partial charge is 0.465 e. The number of anilines is 2. The molecular weight excluding hydrogens is 344 g/mol. The molecule has 1 N–H and O–H groups in total. The first-order chi connectivity index (χ1) is 13.1. The number of benzene rings is 2. The maximum Gasteiger partial charge on any atom is 0.337 e. The Morgan fingerprint density at radius 3 is 2.41 bits per heavy atom. The first-order valence-corrected chi connectivity index (χ1v) is 9.01. The van der Waals surface area contributed by atoms with E-state index < -0.39 is 5.97 Å². The average molecular weight is 364 g/mol. The SMILES string of the molecule is COC(=O)c1ccc(C(=O)Nc2ccc3c(c2)N(C(=O)C2CC2)CC3)cc1. The van der Waals surface area contributed by atoms with Gasteiger partial charge in [-0.05, 0) is 61.2 Å². The third-order valence-electron chi connectivity index (χ3n) is 5.00. The smallest absolute Gasteiger partial charge is 0.337 e. The van der Waals surface area contributed by atoms with Crippen molar-refractivity contribution in [3.63, 3.8) is 0 Å². The molecule has 6 nitrogen and oxygen atoms in total. The monoisotopic (exact) mass is 364 g/mol. The highest BCUT2D eigenvalue weighted by molar-refractivity contribution is 6.05. The van der Waals surface area contributed by atoms with Crippen LogP contribution in [0.15, 0.2) is 42.5 Å². The van der Waals surface area contributed by atoms with Gasteiger partial charge in [0.15, 0.2) is 0 Å². The Balaban J connectivity index is 1.50. The molecule has 1 aliphatic carbocycles. The minimum absolute atomic E-state index is 0.169. The van der Waals surface area contributed by atoms with Gasteiger partial charge < -0.3 is 15.0 Å². The summed E-state index contributed by atoms with van der Waals surface area (Å²) in [6.45, 7) is 0.705. The second-order valence-corrected chi connectivity index (χ2v) is 6.88. The minimum Gasteiger partial charge on any atom is -0.465 e. The van der Waals surface area contributed by atoms with Crippen molar-refractivity contribution < 1.29 is 19.1 Å². The van der Waals surface area contributed by atoms with Crippen LogP contribution < -0.4 is 10.2 Å². The highest BCUT2D eigenvalue weighted by Crippen LogP contribution is 2.37. The molecule has 0 radical (unpaired) electrons. The van der Waals surface area contributed by atoms with Crippen molar-refractivity contribution in [2.45, 2.75) is 19.3 Å². The number of nitrogens with zero attached hydrogens (tertiary/aromatic N) is 1. The van der Waals surface area contributed by atoms with Gasteiger partial charge in [-0.3, -0.25) is 9.59 Å². The maximum atomic E-state index is 12.5. The second-order valence-electron chi connectivity index (χ2n) is 6.88. The van der Waals surface area contributed by atoms with Crippen molar-refractivity contribution in [1.82, 2.24) is 0 Å². The molecule has 2 aromatic rings. The number of hydrogen-bond acceptors (Lipinski definition) is 4. The lowest BCUT2D eigenvalue weighted by molar-refractivity contribution is -0.119. The van der Waals surface area contributed by atoms with Gasteiger partial charge in [-0.25, -0.2) is 4.79 Å². The standard InChI is InChI=1S/C21H20N2O4/c1-27-21(26)16-6-2-14(3-7-16)19(24)22-17-9-8-13-10-11-23(18(13)12-17)20(25)15-4-5-15/h2-3,6-9,12,15H,4-5,10-11H2,1H3,(H,22,24). The lowest BCUT2D eigenvalue weighted by Crippen LogP contribution is -2.30. The number of rotatable bonds is 4. The van der Waals surface area contributed by atoms with Gasteiger partial charge in [-0.1, -0.05) is 6.07 Å². The Bertz CT molecular complexity index is 916. The van der Waals surface area contributed by atoms with Crippen LogP contribution in [0.25, 0.3) is 0 Å². The second kappa shape index (κ2) is 6.87. The number of esters is 1. The number of ether oxygens (including phenoxy) is 1. The van der Waals surface area contributed by atoms with Gasteiger partial charge in [0.25, 0.3) is 5.91 Å². The number of fused-ring (bicyclic) bond motifs is 1. The zero-order valence-electron chi connectivity index (χ0n) is 15.0. The topological polar surface area (TPSA) is 75.7 Å². The number of methoxy groups -OCH3 is 1. The zero-order chi connectivity index (χ0) is 19.0. The Hall–Kier alpha value is -3.15. The third-order valence-corrected chi connectivity index (χ3v) is 5.00. The molecule has 1 aliphatic heterocycles. The first kappa shape index (κ1) is 17.3. The molecule has 1 saturated carbocycles. The minimum atomic E-state index is -0.444. The molecule has 0 atom stereocenters. The van der Waals surface area contributed by atoms with Crippen molar-refractivity contribution in [3.05, 3.63) is 59.2 Å². The molecule has 4 rings (SSSR count). The summed E-state index contributed by atoms with van der Waals surface area (Å²) in [5.74, 6) is -0.358. The fourth-order valence-electron chi connectivity index (χ4n) is 3.32. The lowest BCUT2D eigenvalue weighted by atomic mass is 10.1. The quantitative estimate of drug-likeness (QED) is 0.846. The van der Waals surface area contributed by atoms with Gasteiger partial charge in [0.05, 0.1) is 12.7 Å². The molecule has 1 fully saturated rings. The van der Waals surface area contributed by atoms with Gasteiger partial charge in [0.2, 0.25) is 5.91 Å². The van der Waals surface area contributed by atoms with Gasteiger partial charge in [-0.15, -0.1) is 0 Å². The molecular formula is C21H20N2O4. The highest BCUT2D eigenvalue weighted by atomic mass is 16.5. The molecule has 0 bridgehead atoms. The van der Waals surface area contributed by atoms with E-state index in [4.69, 9.17) is 0 Å². The van der Waals surface area contributed by atoms with Crippen LogP contribution in [0, 0.1) is 5.92 Å². The summed E-state index contributed by atoms with van der Waals surface area (Å²) in [7, 11) is 1.31. The van der Waals surface area contributed by atoms with Gasteiger partial charge >= 0.3 is 5.97 Å². The summed E-state index contributed by atoms with van der Waals surface area (Å²) in [5, 5.41) is 2.86. The molecule has 27 heavy (non-hydrogen) atoms. The Kier molecular flexibility index (Phi) is 4.39. The average Bonchev–Trinajstić information content (AvgIpc) is 3.46. The molecule has 2 aliphatic rings. The molecule has 1 heterocycles. The van der Waals surface area contributed by atoms with E-state index in [1.165, 1.54) is 7.11 Å². The molecule has 6 heteroatoms. The van der Waals surface area contributed by atoms with Crippen LogP contribution in [0.4, 0.5) is 11.4 Å². The first-order valence-electron chi connectivity index (χ1n) is 9.01. The molecule has 138 valence electrons. The Labute approximate surface area is 157 Å². The number of carbonyl (C=O) groups is 3. The van der Waals surface area contributed by atoms with Crippen LogP contribution in [0.5, 0.6) is 0 Å². The third kappa shape index (κ3) is 3.43. The normalized spacial score (nSPS) is 15.2. The van der Waals surface area contributed by atoms with E-state index >= 15 is 0 Å². The lowest BCUT2D eigenvalue weighted by Gasteiger charge is -2.18. The van der Waals surface area contributed by atoms with Gasteiger partial charge in [0.1, 0.15) is 0 Å². The van der Waals surface area contributed by atoms with Crippen LogP contribution >= 0.6 is 0 Å². The zero-order valence-corrected chi connectivity index (χ0v) is 15.0. The van der Waals surface area contributed by atoms with Crippen LogP contribution in [-0.2, 0) is 16.0 Å². The molecule has 0 saturated heterocycles. The van der Waals surface area contributed by atoms with Gasteiger partial charge in [0, 0.05) is 29.4 Å². The molecule has 0 unspecified atom stereocenters. The predicted octanol–water partition coefficient (Wildman–Crippen LogP) is 3.02. The van der Waals surface area contributed by atoms with E-state index in [0.717, 1.165) is 30.5 Å². The van der Waals surface area contributed by atoms with Crippen molar-refractivity contribution >= 4 is 29.2 Å². The number of carbonyl (C=O) groups excluding carboxylic acids is 3. The van der Waals surface area contributed by atoms with Crippen LogP contribution in [0.1, 0.15) is 39.1 Å². The molecule has 2 amide bonds. The Morgan fingerprint density at radius 1 is 1.04 bits per heavy atom. The van der Waals surface area contributed by atoms with E-state index in [-0.39, 0.29) is 17.7 Å². The highest BCUT2D eigenvalue weighted by Gasteiger charge is 2.36. The summed E-state index contributed by atoms with van der Waals surface area (Å²) in [5.41, 5.74) is 3.50. The van der Waals surface area contributed by atoms with Crippen molar-refractivity contribution in [1.29, 1.82) is 0 Å². The fourth-order valence-corrected chi connectivity index (χ4v) is 3.32. The molecule has 0 aromatic heterocycles. The fraction of sp³-hybridized carbons (Fsp3) is 0.286. The predicted molar refractivity (Wildman–Crippen MR) is 101 cm³/mol. The van der Waals surface area contributed by atoms with E-state index in [0.29, 0.717) is 23.4 Å². The summed E-state index contributed by atoms with van der Waals surface area (Å²) in [6.07, 6.45) is 2.79. The van der Waals surface area contributed by atoms with E-state index in [2.05, 4.69) is 10.1 Å². The van der Waals surface area contributed by atoms with Crippen molar-refractivity contribution in [2.24, 2.45) is 5.92 Å². The van der Waals surface area contributed by atoms with E-state index in [9.17, 15) is 14.4 Å². The number of hydrogen-bond donors (Lipinski definition) is 1. The van der Waals surface area contributed by atoms with E-state index in [1.54, 1.807) is 24.3 Å². The van der Waals surface area contributed by atoms with Gasteiger partial charge in [-0.2, -0.15) is 0 Å². The summed E-state index contributed by atoms with van der Waals surface area (Å²) >= 11 is 0. The summed E-state index contributed by atoms with van der Waals surface area (Å²) < 4.78 is 4.65. The van der Waals surface area contributed by atoms with E-state index in [1.807, 2.05) is 23.1 Å². The summed E-state index contributed by atoms with van der Waals surface area (Å²) in [4.78, 5) is 38.2. The Morgan fingerprint density at radius 2 is 1.74 bits per heavy atom. The molecule has 2 aromatic carbocycles.